The Morgan fingerprint density at radius 2 is 2.16 bits per heavy atom. The van der Waals surface area contributed by atoms with E-state index in [2.05, 4.69) is 22.1 Å². The number of aromatic nitrogens is 1. The Labute approximate surface area is 150 Å². The van der Waals surface area contributed by atoms with Crippen molar-refractivity contribution in [3.8, 4) is 5.75 Å². The molecule has 0 aromatic carbocycles. The van der Waals surface area contributed by atoms with E-state index in [1.165, 1.54) is 38.9 Å². The van der Waals surface area contributed by atoms with Crippen LogP contribution >= 0.6 is 0 Å². The zero-order valence-electron chi connectivity index (χ0n) is 15.2. The van der Waals surface area contributed by atoms with Gasteiger partial charge in [-0.1, -0.05) is 6.92 Å². The molecule has 0 radical (unpaired) electrons. The van der Waals surface area contributed by atoms with Crippen LogP contribution in [0.4, 0.5) is 4.79 Å². The minimum Gasteiger partial charge on any atom is -0.487 e. The van der Waals surface area contributed by atoms with Gasteiger partial charge in [-0.2, -0.15) is 0 Å². The molecular formula is C19H30N4O2. The second-order valence-electron chi connectivity index (χ2n) is 7.13. The summed E-state index contributed by atoms with van der Waals surface area (Å²) >= 11 is 0. The molecule has 0 unspecified atom stereocenters. The van der Waals surface area contributed by atoms with Gasteiger partial charge < -0.3 is 19.9 Å². The number of amides is 2. The van der Waals surface area contributed by atoms with Crippen molar-refractivity contribution < 1.29 is 9.53 Å². The molecule has 0 saturated carbocycles. The lowest BCUT2D eigenvalue weighted by atomic mass is 9.97. The van der Waals surface area contributed by atoms with Crippen LogP contribution in [-0.2, 0) is 0 Å². The molecule has 6 nitrogen and oxygen atoms in total. The SMILES string of the molecule is CCCN1CCC(CNC(=O)N2CC[C@@H](Oc3cccnc3)C2)CC1. The highest BCUT2D eigenvalue weighted by molar-refractivity contribution is 5.74. The fourth-order valence-corrected chi connectivity index (χ4v) is 3.69. The Morgan fingerprint density at radius 1 is 1.32 bits per heavy atom. The van der Waals surface area contributed by atoms with Gasteiger partial charge in [-0.25, -0.2) is 4.79 Å². The Hall–Kier alpha value is -1.82. The molecule has 1 atom stereocenters. The Morgan fingerprint density at radius 3 is 2.88 bits per heavy atom. The van der Waals surface area contributed by atoms with Crippen LogP contribution in [0.5, 0.6) is 5.75 Å². The molecule has 1 aromatic rings. The largest absolute Gasteiger partial charge is 0.487 e. The average Bonchev–Trinajstić information content (AvgIpc) is 3.10. The lowest BCUT2D eigenvalue weighted by Crippen LogP contribution is -2.43. The van der Waals surface area contributed by atoms with Crippen LogP contribution in [0.25, 0.3) is 0 Å². The molecule has 0 spiro atoms. The molecular weight excluding hydrogens is 316 g/mol. The van der Waals surface area contributed by atoms with Crippen molar-refractivity contribution in [1.82, 2.24) is 20.1 Å². The number of carbonyl (C=O) groups is 1. The van der Waals surface area contributed by atoms with E-state index in [0.29, 0.717) is 12.5 Å². The van der Waals surface area contributed by atoms with Gasteiger partial charge in [0.2, 0.25) is 0 Å². The highest BCUT2D eigenvalue weighted by Gasteiger charge is 2.28. The summed E-state index contributed by atoms with van der Waals surface area (Å²) in [6, 6.07) is 3.81. The minimum absolute atomic E-state index is 0.0493. The third-order valence-electron chi connectivity index (χ3n) is 5.16. The van der Waals surface area contributed by atoms with Gasteiger partial charge in [-0.3, -0.25) is 4.98 Å². The summed E-state index contributed by atoms with van der Waals surface area (Å²) < 4.78 is 5.90. The van der Waals surface area contributed by atoms with Crippen molar-refractivity contribution >= 4 is 6.03 Å². The first kappa shape index (κ1) is 18.0. The smallest absolute Gasteiger partial charge is 0.317 e. The second-order valence-corrected chi connectivity index (χ2v) is 7.13. The number of nitrogens with one attached hydrogen (secondary N) is 1. The van der Waals surface area contributed by atoms with Crippen molar-refractivity contribution in [2.24, 2.45) is 5.92 Å². The number of nitrogens with zero attached hydrogens (tertiary/aromatic N) is 3. The maximum absolute atomic E-state index is 12.4. The topological polar surface area (TPSA) is 57.7 Å². The molecule has 2 saturated heterocycles. The molecule has 2 amide bonds. The number of rotatable bonds is 6. The van der Waals surface area contributed by atoms with Crippen LogP contribution in [0.3, 0.4) is 0 Å². The third-order valence-corrected chi connectivity index (χ3v) is 5.16. The van der Waals surface area contributed by atoms with Crippen LogP contribution in [0, 0.1) is 5.92 Å². The van der Waals surface area contributed by atoms with E-state index in [0.717, 1.165) is 25.3 Å². The Balaban J connectivity index is 1.35. The van der Waals surface area contributed by atoms with Crippen molar-refractivity contribution in [2.75, 3.05) is 39.3 Å². The molecule has 2 aliphatic heterocycles. The monoisotopic (exact) mass is 346 g/mol. The molecule has 1 aromatic heterocycles. The summed E-state index contributed by atoms with van der Waals surface area (Å²) in [5, 5.41) is 3.13. The summed E-state index contributed by atoms with van der Waals surface area (Å²) in [4.78, 5) is 20.8. The Bertz CT molecular complexity index is 531. The van der Waals surface area contributed by atoms with Crippen LogP contribution in [0.2, 0.25) is 0 Å². The predicted octanol–water partition coefficient (Wildman–Crippen LogP) is 2.37. The van der Waals surface area contributed by atoms with Gasteiger partial charge in [-0.05, 0) is 56.9 Å². The highest BCUT2D eigenvalue weighted by Crippen LogP contribution is 2.19. The van der Waals surface area contributed by atoms with E-state index >= 15 is 0 Å². The maximum Gasteiger partial charge on any atom is 0.317 e. The minimum atomic E-state index is 0.0493. The first-order valence-electron chi connectivity index (χ1n) is 9.56. The number of hydrogen-bond acceptors (Lipinski definition) is 4. The lowest BCUT2D eigenvalue weighted by Gasteiger charge is -2.32. The Kier molecular flexibility index (Phi) is 6.50. The average molecular weight is 346 g/mol. The van der Waals surface area contributed by atoms with Gasteiger partial charge in [0.15, 0.2) is 0 Å². The van der Waals surface area contributed by atoms with Crippen molar-refractivity contribution in [2.45, 2.75) is 38.7 Å². The van der Waals surface area contributed by atoms with Crippen molar-refractivity contribution in [3.63, 3.8) is 0 Å². The summed E-state index contributed by atoms with van der Waals surface area (Å²) in [5.74, 6) is 1.38. The van der Waals surface area contributed by atoms with Crippen LogP contribution in [-0.4, -0.2) is 66.2 Å². The number of likely N-dealkylation sites (tertiary alicyclic amines) is 2. The van der Waals surface area contributed by atoms with Gasteiger partial charge in [0.1, 0.15) is 11.9 Å². The molecule has 2 fully saturated rings. The van der Waals surface area contributed by atoms with Crippen LogP contribution in [0.15, 0.2) is 24.5 Å². The first-order chi connectivity index (χ1) is 12.2. The van der Waals surface area contributed by atoms with E-state index in [4.69, 9.17) is 4.74 Å². The quantitative estimate of drug-likeness (QED) is 0.859. The van der Waals surface area contributed by atoms with E-state index in [9.17, 15) is 4.79 Å². The number of ether oxygens (including phenoxy) is 1. The van der Waals surface area contributed by atoms with E-state index in [1.807, 2.05) is 17.0 Å². The summed E-state index contributed by atoms with van der Waals surface area (Å²) in [5.41, 5.74) is 0. The molecule has 3 rings (SSSR count). The zero-order valence-corrected chi connectivity index (χ0v) is 15.2. The summed E-state index contributed by atoms with van der Waals surface area (Å²) in [7, 11) is 0. The molecule has 138 valence electrons. The molecule has 6 heteroatoms. The fraction of sp³-hybridized carbons (Fsp3) is 0.684. The van der Waals surface area contributed by atoms with Crippen molar-refractivity contribution in [1.29, 1.82) is 0 Å². The number of pyridine rings is 1. The molecule has 0 aliphatic carbocycles. The molecule has 1 N–H and O–H groups in total. The normalized spacial score (nSPS) is 22.1. The predicted molar refractivity (Wildman–Crippen MR) is 97.7 cm³/mol. The molecule has 3 heterocycles. The van der Waals surface area contributed by atoms with Gasteiger partial charge in [0.25, 0.3) is 0 Å². The standard InChI is InChI=1S/C19H30N4O2/c1-2-9-22-10-5-16(6-11-22)13-21-19(24)23-12-7-18(15-23)25-17-4-3-8-20-14-17/h3-4,8,14,16,18H,2,5-7,9-13,15H2,1H3,(H,21,24)/t18-/m1/s1. The summed E-state index contributed by atoms with van der Waals surface area (Å²) in [6.07, 6.45) is 7.98. The van der Waals surface area contributed by atoms with Crippen LogP contribution < -0.4 is 10.1 Å². The number of hydrogen-bond donors (Lipinski definition) is 1. The summed E-state index contributed by atoms with van der Waals surface area (Å²) in [6.45, 7) is 7.96. The fourth-order valence-electron chi connectivity index (χ4n) is 3.69. The van der Waals surface area contributed by atoms with Gasteiger partial charge in [0, 0.05) is 25.7 Å². The lowest BCUT2D eigenvalue weighted by molar-refractivity contribution is 0.171. The highest BCUT2D eigenvalue weighted by atomic mass is 16.5. The molecule has 0 bridgehead atoms. The second kappa shape index (κ2) is 9.04. The van der Waals surface area contributed by atoms with Gasteiger partial charge in [-0.15, -0.1) is 0 Å². The first-order valence-corrected chi connectivity index (χ1v) is 9.56. The van der Waals surface area contributed by atoms with E-state index in [-0.39, 0.29) is 12.1 Å². The number of urea groups is 1. The number of carbonyl (C=O) groups excluding carboxylic acids is 1. The van der Waals surface area contributed by atoms with Gasteiger partial charge in [0.05, 0.1) is 12.7 Å². The number of piperidine rings is 1. The van der Waals surface area contributed by atoms with E-state index < -0.39 is 0 Å². The van der Waals surface area contributed by atoms with Gasteiger partial charge >= 0.3 is 6.03 Å². The van der Waals surface area contributed by atoms with E-state index in [1.54, 1.807) is 12.4 Å². The van der Waals surface area contributed by atoms with Crippen molar-refractivity contribution in [3.05, 3.63) is 24.5 Å². The van der Waals surface area contributed by atoms with Crippen LogP contribution in [0.1, 0.15) is 32.6 Å². The maximum atomic E-state index is 12.4. The molecule has 2 aliphatic rings. The zero-order chi connectivity index (χ0) is 17.5. The molecule has 25 heavy (non-hydrogen) atoms. The third kappa shape index (κ3) is 5.33.